The first kappa shape index (κ1) is 13.0. The van der Waals surface area contributed by atoms with Crippen LogP contribution in [0.3, 0.4) is 0 Å². The lowest BCUT2D eigenvalue weighted by atomic mass is 10.1. The highest BCUT2D eigenvalue weighted by Gasteiger charge is 2.18. The lowest BCUT2D eigenvalue weighted by Crippen LogP contribution is -2.04. The van der Waals surface area contributed by atoms with Crippen LogP contribution in [0.5, 0.6) is 0 Å². The fourth-order valence-electron chi connectivity index (χ4n) is 3.41. The second-order valence-electron chi connectivity index (χ2n) is 5.96. The van der Waals surface area contributed by atoms with E-state index < -0.39 is 0 Å². The molecule has 0 atom stereocenters. The highest BCUT2D eigenvalue weighted by Crippen LogP contribution is 2.33. The van der Waals surface area contributed by atoms with Crippen molar-refractivity contribution in [3.8, 4) is 5.69 Å². The summed E-state index contributed by atoms with van der Waals surface area (Å²) in [5.74, 6) is 0.804. The zero-order valence-corrected chi connectivity index (χ0v) is 13.1. The Kier molecular flexibility index (Phi) is 2.61. The third-order valence-electron chi connectivity index (χ3n) is 4.55. The van der Waals surface area contributed by atoms with Gasteiger partial charge in [0, 0.05) is 17.0 Å². The molecule has 4 aromatic rings. The largest absolute Gasteiger partial charge is 0.383 e. The molecule has 0 amide bonds. The molecule has 110 valence electrons. The Balaban J connectivity index is 2.24. The van der Waals surface area contributed by atoms with Crippen molar-refractivity contribution in [3.63, 3.8) is 0 Å². The summed E-state index contributed by atoms with van der Waals surface area (Å²) in [5.41, 5.74) is 12.3. The van der Waals surface area contributed by atoms with Crippen LogP contribution in [0.15, 0.2) is 48.7 Å². The molecular weight excluding hydrogens is 270 g/mol. The highest BCUT2D eigenvalue weighted by molar-refractivity contribution is 5.98. The average Bonchev–Trinajstić information content (AvgIpc) is 2.98. The third kappa shape index (κ3) is 1.56. The quantitative estimate of drug-likeness (QED) is 0.554. The van der Waals surface area contributed by atoms with E-state index in [1.165, 1.54) is 27.6 Å². The number of fused-ring (bicyclic) bond motifs is 3. The number of hydrogen-bond donors (Lipinski definition) is 1. The predicted molar refractivity (Wildman–Crippen MR) is 92.9 cm³/mol. The Morgan fingerprint density at radius 2 is 1.55 bits per heavy atom. The SMILES string of the molecule is Cc1cccc(C)c1-n1c(N)c(C)n2cc3ccccc3c12. The maximum Gasteiger partial charge on any atom is 0.131 e. The van der Waals surface area contributed by atoms with Gasteiger partial charge in [-0.1, -0.05) is 42.5 Å². The van der Waals surface area contributed by atoms with Gasteiger partial charge >= 0.3 is 0 Å². The minimum Gasteiger partial charge on any atom is -0.383 e. The number of nitrogen functional groups attached to an aromatic ring is 1. The van der Waals surface area contributed by atoms with Crippen LogP contribution >= 0.6 is 0 Å². The molecule has 0 fully saturated rings. The van der Waals surface area contributed by atoms with Gasteiger partial charge in [-0.25, -0.2) is 0 Å². The van der Waals surface area contributed by atoms with Gasteiger partial charge in [0.2, 0.25) is 0 Å². The van der Waals surface area contributed by atoms with Gasteiger partial charge in [0.1, 0.15) is 11.5 Å². The molecule has 0 saturated heterocycles. The van der Waals surface area contributed by atoms with Gasteiger partial charge in [0.05, 0.1) is 11.4 Å². The van der Waals surface area contributed by atoms with E-state index in [4.69, 9.17) is 5.73 Å². The second-order valence-corrected chi connectivity index (χ2v) is 5.96. The maximum atomic E-state index is 6.46. The summed E-state index contributed by atoms with van der Waals surface area (Å²) in [4.78, 5) is 0. The molecule has 0 aliphatic heterocycles. The fourth-order valence-corrected chi connectivity index (χ4v) is 3.41. The molecule has 0 aliphatic rings. The third-order valence-corrected chi connectivity index (χ3v) is 4.55. The van der Waals surface area contributed by atoms with E-state index >= 15 is 0 Å². The molecule has 2 aromatic heterocycles. The van der Waals surface area contributed by atoms with Crippen LogP contribution in [0.2, 0.25) is 0 Å². The van der Waals surface area contributed by atoms with Gasteiger partial charge in [-0.05, 0) is 31.9 Å². The van der Waals surface area contributed by atoms with Crippen molar-refractivity contribution in [2.24, 2.45) is 0 Å². The topological polar surface area (TPSA) is 35.4 Å². The van der Waals surface area contributed by atoms with Crippen LogP contribution in [0, 0.1) is 20.8 Å². The van der Waals surface area contributed by atoms with Crippen molar-refractivity contribution in [1.29, 1.82) is 0 Å². The normalized spacial score (nSPS) is 11.6. The first-order chi connectivity index (χ1) is 10.6. The minimum atomic E-state index is 0.804. The van der Waals surface area contributed by atoms with Crippen molar-refractivity contribution in [2.75, 3.05) is 5.73 Å². The van der Waals surface area contributed by atoms with Crippen molar-refractivity contribution in [2.45, 2.75) is 20.8 Å². The summed E-state index contributed by atoms with van der Waals surface area (Å²) >= 11 is 0. The van der Waals surface area contributed by atoms with E-state index in [1.807, 2.05) is 0 Å². The molecule has 0 aliphatic carbocycles. The minimum absolute atomic E-state index is 0.804. The van der Waals surface area contributed by atoms with E-state index in [9.17, 15) is 0 Å². The predicted octanol–water partition coefficient (Wildman–Crippen LogP) is 4.39. The summed E-state index contributed by atoms with van der Waals surface area (Å²) in [6, 6.07) is 14.8. The summed E-state index contributed by atoms with van der Waals surface area (Å²) in [6.45, 7) is 6.35. The van der Waals surface area contributed by atoms with E-state index in [0.29, 0.717) is 0 Å². The molecule has 0 unspecified atom stereocenters. The number of anilines is 1. The highest BCUT2D eigenvalue weighted by atomic mass is 15.2. The van der Waals surface area contributed by atoms with Gasteiger partial charge in [-0.15, -0.1) is 0 Å². The summed E-state index contributed by atoms with van der Waals surface area (Å²) < 4.78 is 4.40. The zero-order valence-electron chi connectivity index (χ0n) is 13.1. The Morgan fingerprint density at radius 3 is 2.27 bits per heavy atom. The molecule has 0 bridgehead atoms. The van der Waals surface area contributed by atoms with Crippen LogP contribution < -0.4 is 5.73 Å². The molecule has 3 heteroatoms. The maximum absolute atomic E-state index is 6.46. The molecule has 3 nitrogen and oxygen atoms in total. The van der Waals surface area contributed by atoms with Gasteiger partial charge in [-0.2, -0.15) is 0 Å². The van der Waals surface area contributed by atoms with E-state index in [-0.39, 0.29) is 0 Å². The molecule has 0 saturated carbocycles. The Bertz CT molecular complexity index is 998. The Morgan fingerprint density at radius 1 is 0.864 bits per heavy atom. The smallest absolute Gasteiger partial charge is 0.131 e. The molecule has 4 rings (SSSR count). The van der Waals surface area contributed by atoms with E-state index in [2.05, 4.69) is 78.4 Å². The number of aryl methyl sites for hydroxylation is 3. The van der Waals surface area contributed by atoms with Gasteiger partial charge in [-0.3, -0.25) is 4.57 Å². The Hall–Kier alpha value is -2.68. The summed E-state index contributed by atoms with van der Waals surface area (Å²) in [7, 11) is 0. The lowest BCUT2D eigenvalue weighted by Gasteiger charge is -2.13. The number of rotatable bonds is 1. The average molecular weight is 289 g/mol. The van der Waals surface area contributed by atoms with Crippen LogP contribution in [-0.4, -0.2) is 8.97 Å². The van der Waals surface area contributed by atoms with Crippen LogP contribution in [0.25, 0.3) is 22.1 Å². The number of nitrogens with two attached hydrogens (primary N) is 1. The van der Waals surface area contributed by atoms with Crippen molar-refractivity contribution >= 4 is 22.2 Å². The van der Waals surface area contributed by atoms with E-state index in [1.54, 1.807) is 0 Å². The number of para-hydroxylation sites is 1. The molecule has 2 heterocycles. The second kappa shape index (κ2) is 4.41. The molecule has 0 spiro atoms. The summed E-state index contributed by atoms with van der Waals surface area (Å²) in [5, 5.41) is 2.46. The standard InChI is InChI=1S/C19H19N3/c1-12-7-6-8-13(2)17(12)22-18(20)14(3)21-11-15-9-4-5-10-16(15)19(21)22/h4-11H,20H2,1-3H3. The Labute approximate surface area is 129 Å². The molecular formula is C19H19N3. The number of hydrogen-bond acceptors (Lipinski definition) is 1. The first-order valence-corrected chi connectivity index (χ1v) is 7.52. The van der Waals surface area contributed by atoms with E-state index in [0.717, 1.165) is 17.2 Å². The van der Waals surface area contributed by atoms with Crippen LogP contribution in [0.4, 0.5) is 5.82 Å². The van der Waals surface area contributed by atoms with Crippen molar-refractivity contribution < 1.29 is 0 Å². The fraction of sp³-hybridized carbons (Fsp3) is 0.158. The number of aromatic nitrogens is 2. The van der Waals surface area contributed by atoms with Gasteiger partial charge in [0.25, 0.3) is 0 Å². The zero-order chi connectivity index (χ0) is 15.4. The lowest BCUT2D eigenvalue weighted by molar-refractivity contribution is 1.08. The van der Waals surface area contributed by atoms with Gasteiger partial charge < -0.3 is 10.1 Å². The summed E-state index contributed by atoms with van der Waals surface area (Å²) in [6.07, 6.45) is 2.17. The first-order valence-electron chi connectivity index (χ1n) is 7.52. The van der Waals surface area contributed by atoms with Crippen molar-refractivity contribution in [3.05, 3.63) is 65.5 Å². The van der Waals surface area contributed by atoms with Gasteiger partial charge in [0.15, 0.2) is 0 Å². The van der Waals surface area contributed by atoms with Crippen LogP contribution in [0.1, 0.15) is 16.8 Å². The number of imidazole rings is 1. The van der Waals surface area contributed by atoms with Crippen LogP contribution in [-0.2, 0) is 0 Å². The number of nitrogens with zero attached hydrogens (tertiary/aromatic N) is 2. The molecule has 2 aromatic carbocycles. The number of benzene rings is 2. The van der Waals surface area contributed by atoms with Crippen molar-refractivity contribution in [1.82, 2.24) is 8.97 Å². The molecule has 2 N–H and O–H groups in total. The molecule has 0 radical (unpaired) electrons. The molecule has 22 heavy (non-hydrogen) atoms. The monoisotopic (exact) mass is 289 g/mol.